The van der Waals surface area contributed by atoms with Crippen molar-refractivity contribution in [1.29, 1.82) is 0 Å². The van der Waals surface area contributed by atoms with E-state index in [1.807, 2.05) is 70.0 Å². The van der Waals surface area contributed by atoms with Gasteiger partial charge in [0, 0.05) is 25.2 Å². The van der Waals surface area contributed by atoms with Crippen molar-refractivity contribution < 1.29 is 28.4 Å². The molecule has 0 unspecified atom stereocenters. The van der Waals surface area contributed by atoms with Crippen LogP contribution in [-0.2, 0) is 20.3 Å². The van der Waals surface area contributed by atoms with Gasteiger partial charge >= 0.3 is 13.9 Å². The summed E-state index contributed by atoms with van der Waals surface area (Å²) < 4.78 is 18.2. The van der Waals surface area contributed by atoms with Gasteiger partial charge in [0.1, 0.15) is 17.8 Å². The maximum Gasteiger partial charge on any atom is 0.450 e. The minimum Gasteiger partial charge on any atom is -0.461 e. The number of nitrogens with zero attached hydrogens (tertiary/aromatic N) is 3. The molecule has 41 heavy (non-hydrogen) atoms. The number of non-ortho nitro benzene ring substituents is 1. The first-order valence-electron chi connectivity index (χ1n) is 13.3. The first-order valence-corrected chi connectivity index (χ1v) is 14.9. The fourth-order valence-electron chi connectivity index (χ4n) is 4.78. The van der Waals surface area contributed by atoms with Crippen LogP contribution in [0.4, 0.5) is 5.69 Å². The highest BCUT2D eigenvalue weighted by Crippen LogP contribution is 2.70. The molecule has 1 aliphatic rings. The minimum absolute atomic E-state index is 0.0972. The molecule has 1 aromatic heterocycles. The van der Waals surface area contributed by atoms with E-state index >= 15 is 0 Å². The van der Waals surface area contributed by atoms with E-state index < -0.39 is 30.0 Å². The lowest BCUT2D eigenvalue weighted by Gasteiger charge is -2.24. The zero-order chi connectivity index (χ0) is 30.2. The zero-order valence-corrected chi connectivity index (χ0v) is 25.4. The molecule has 2 aromatic carbocycles. The molecule has 1 fully saturated rings. The molecule has 2 heterocycles. The molecule has 1 N–H and O–H groups in total. The normalized spacial score (nSPS) is 17.0. The van der Waals surface area contributed by atoms with Crippen LogP contribution >= 0.6 is 7.94 Å². The van der Waals surface area contributed by atoms with Gasteiger partial charge in [0.2, 0.25) is 5.30 Å². The number of carbonyl (C=O) groups is 1. The Morgan fingerprint density at radius 1 is 1.05 bits per heavy atom. The number of hydrogen-bond donors (Lipinski definition) is 1. The van der Waals surface area contributed by atoms with E-state index in [1.165, 1.54) is 18.2 Å². The summed E-state index contributed by atoms with van der Waals surface area (Å²) in [4.78, 5) is 43.4. The first kappa shape index (κ1) is 30.7. The van der Waals surface area contributed by atoms with E-state index in [9.17, 15) is 19.8 Å². The Balaban J connectivity index is 1.76. The summed E-state index contributed by atoms with van der Waals surface area (Å²) in [5, 5.41) is 11.9. The van der Waals surface area contributed by atoms with Crippen LogP contribution in [0.5, 0.6) is 0 Å². The zero-order valence-electron chi connectivity index (χ0n) is 24.5. The molecule has 11 heteroatoms. The summed E-state index contributed by atoms with van der Waals surface area (Å²) in [7, 11) is -1.88. The van der Waals surface area contributed by atoms with Gasteiger partial charge in [-0.05, 0) is 59.7 Å². The average Bonchev–Trinajstić information content (AvgIpc) is 3.05. The monoisotopic (exact) mass is 582 g/mol. The SMILES string of the molecule is Cc1nc(C)c([P+]2(O)OC(C)(C)C(C)(C)O2)c(-c2cccc([N+](=O)[O-])c2)c1C(=O)OCCN(C)Cc1ccccc1. The van der Waals surface area contributed by atoms with E-state index in [0.29, 0.717) is 30.0 Å². The number of carbonyl (C=O) groups excluding carboxylic acids is 1. The average molecular weight is 583 g/mol. The highest BCUT2D eigenvalue weighted by Gasteiger charge is 2.68. The number of nitro groups is 1. The second kappa shape index (κ2) is 11.5. The molecule has 0 aliphatic carbocycles. The van der Waals surface area contributed by atoms with Crippen LogP contribution in [0, 0.1) is 24.0 Å². The van der Waals surface area contributed by atoms with E-state index in [4.69, 9.17) is 13.8 Å². The van der Waals surface area contributed by atoms with E-state index in [1.54, 1.807) is 19.9 Å². The Morgan fingerprint density at radius 3 is 2.29 bits per heavy atom. The van der Waals surface area contributed by atoms with Gasteiger partial charge in [-0.1, -0.05) is 42.5 Å². The molecule has 1 aliphatic heterocycles. The summed E-state index contributed by atoms with van der Waals surface area (Å²) in [5.74, 6) is -0.657. The quantitative estimate of drug-likeness (QED) is 0.150. The van der Waals surface area contributed by atoms with Gasteiger partial charge in [0.15, 0.2) is 0 Å². The number of aromatic nitrogens is 1. The second-order valence-corrected chi connectivity index (χ2v) is 13.1. The molecular formula is C30H37N3O7P+. The van der Waals surface area contributed by atoms with Gasteiger partial charge in [0.05, 0.1) is 27.4 Å². The third-order valence-electron chi connectivity index (χ3n) is 7.51. The van der Waals surface area contributed by atoms with Crippen molar-refractivity contribution >= 4 is 24.9 Å². The van der Waals surface area contributed by atoms with Gasteiger partial charge in [0.25, 0.3) is 5.69 Å². The Kier molecular flexibility index (Phi) is 8.64. The van der Waals surface area contributed by atoms with Crippen molar-refractivity contribution in [2.75, 3.05) is 20.2 Å². The van der Waals surface area contributed by atoms with Crippen molar-refractivity contribution in [2.45, 2.75) is 59.3 Å². The summed E-state index contributed by atoms with van der Waals surface area (Å²) >= 11 is 0. The van der Waals surface area contributed by atoms with Gasteiger partial charge < -0.3 is 4.74 Å². The molecule has 3 aromatic rings. The fourth-order valence-corrected chi connectivity index (χ4v) is 7.66. The Bertz CT molecular complexity index is 1440. The molecule has 1 saturated heterocycles. The molecule has 10 nitrogen and oxygen atoms in total. The van der Waals surface area contributed by atoms with E-state index in [0.717, 1.165) is 5.56 Å². The Labute approximate surface area is 241 Å². The van der Waals surface area contributed by atoms with Crippen LogP contribution in [-0.4, -0.2) is 57.1 Å². The van der Waals surface area contributed by atoms with Crippen LogP contribution in [0.25, 0.3) is 11.1 Å². The molecule has 0 bridgehead atoms. The lowest BCUT2D eigenvalue weighted by Crippen LogP contribution is -2.41. The third-order valence-corrected chi connectivity index (χ3v) is 10.0. The number of likely N-dealkylation sites (N-methyl/N-ethyl adjacent to an activating group) is 1. The minimum atomic E-state index is -3.81. The molecule has 0 atom stereocenters. The summed E-state index contributed by atoms with van der Waals surface area (Å²) in [5.41, 5.74) is 0.670. The van der Waals surface area contributed by atoms with Crippen molar-refractivity contribution in [3.63, 3.8) is 0 Å². The molecule has 218 valence electrons. The topological polar surface area (TPSA) is 124 Å². The van der Waals surface area contributed by atoms with Crippen LogP contribution in [0.2, 0.25) is 0 Å². The number of nitro benzene ring substituents is 1. The van der Waals surface area contributed by atoms with Crippen LogP contribution < -0.4 is 5.30 Å². The Hall–Kier alpha value is -3.27. The molecule has 0 spiro atoms. The van der Waals surface area contributed by atoms with E-state index in [-0.39, 0.29) is 28.7 Å². The van der Waals surface area contributed by atoms with Crippen LogP contribution in [0.3, 0.4) is 0 Å². The number of ether oxygens (including phenoxy) is 1. The van der Waals surface area contributed by atoms with Crippen LogP contribution in [0.15, 0.2) is 54.6 Å². The van der Waals surface area contributed by atoms with E-state index in [2.05, 4.69) is 4.98 Å². The smallest absolute Gasteiger partial charge is 0.450 e. The standard InChI is InChI=1S/C30H37N3O7P/c1-20-25(28(34)38-17-16-32(7)19-22-12-9-8-10-13-22)26(23-14-11-15-24(18-23)33(35)36)27(21(2)31-20)41(37)39-29(3,4)30(5,6)40-41/h8-15,18,37H,16-17,19H2,1-7H3/q+1. The number of aryl methyl sites for hydroxylation is 2. The first-order chi connectivity index (χ1) is 19.1. The summed E-state index contributed by atoms with van der Waals surface area (Å²) in [6.45, 7) is 11.9. The van der Waals surface area contributed by atoms with Gasteiger partial charge in [-0.3, -0.25) is 20.0 Å². The highest BCUT2D eigenvalue weighted by atomic mass is 31.2. The number of benzene rings is 2. The third kappa shape index (κ3) is 6.32. The maximum atomic E-state index is 13.7. The van der Waals surface area contributed by atoms with Crippen LogP contribution in [0.1, 0.15) is 55.0 Å². The lowest BCUT2D eigenvalue weighted by atomic mass is 9.90. The predicted octanol–water partition coefficient (Wildman–Crippen LogP) is 5.55. The van der Waals surface area contributed by atoms with Crippen molar-refractivity contribution in [1.82, 2.24) is 9.88 Å². The molecule has 0 amide bonds. The predicted molar refractivity (Wildman–Crippen MR) is 158 cm³/mol. The van der Waals surface area contributed by atoms with Crippen molar-refractivity contribution in [3.05, 3.63) is 87.2 Å². The second-order valence-electron chi connectivity index (χ2n) is 11.3. The molecular weight excluding hydrogens is 545 g/mol. The number of rotatable bonds is 9. The van der Waals surface area contributed by atoms with Gasteiger partial charge in [-0.25, -0.2) is 4.79 Å². The van der Waals surface area contributed by atoms with Gasteiger partial charge in [-0.15, -0.1) is 0 Å². The molecule has 0 saturated carbocycles. The maximum absolute atomic E-state index is 13.7. The number of pyridine rings is 1. The number of esters is 1. The summed E-state index contributed by atoms with van der Waals surface area (Å²) in [6, 6.07) is 15.9. The number of hydrogen-bond acceptors (Lipinski definition) is 9. The van der Waals surface area contributed by atoms with Crippen molar-refractivity contribution in [2.24, 2.45) is 0 Å². The summed E-state index contributed by atoms with van der Waals surface area (Å²) in [6.07, 6.45) is 0. The molecule has 4 rings (SSSR count). The lowest BCUT2D eigenvalue weighted by molar-refractivity contribution is -0.384. The van der Waals surface area contributed by atoms with Gasteiger partial charge in [-0.2, -0.15) is 13.9 Å². The van der Waals surface area contributed by atoms with Crippen molar-refractivity contribution in [3.8, 4) is 11.1 Å². The largest absolute Gasteiger partial charge is 0.461 e. The molecule has 0 radical (unpaired) electrons. The Morgan fingerprint density at radius 2 is 1.68 bits per heavy atom. The fraction of sp³-hybridized carbons (Fsp3) is 0.400. The highest BCUT2D eigenvalue weighted by molar-refractivity contribution is 7.69.